The number of thiazole rings is 1. The van der Waals surface area contributed by atoms with Crippen molar-refractivity contribution < 1.29 is 4.79 Å². The Morgan fingerprint density at radius 2 is 2.37 bits per heavy atom. The molecular formula is C13H18N4OS. The van der Waals surface area contributed by atoms with Gasteiger partial charge in [0.25, 0.3) is 0 Å². The fourth-order valence-electron chi connectivity index (χ4n) is 1.83. The molecule has 0 aliphatic rings. The quantitative estimate of drug-likeness (QED) is 0.881. The number of aromatic nitrogens is 3. The molecule has 1 unspecified atom stereocenters. The van der Waals surface area contributed by atoms with Crippen LogP contribution in [0.2, 0.25) is 0 Å². The number of nitrogens with zero attached hydrogens (tertiary/aromatic N) is 3. The average Bonchev–Trinajstić information content (AvgIpc) is 3.08. The summed E-state index contributed by atoms with van der Waals surface area (Å²) >= 11 is 1.58. The highest BCUT2D eigenvalue weighted by Crippen LogP contribution is 2.12. The van der Waals surface area contributed by atoms with Gasteiger partial charge in [-0.25, -0.2) is 4.98 Å². The van der Waals surface area contributed by atoms with Crippen LogP contribution in [0.15, 0.2) is 23.8 Å². The lowest BCUT2D eigenvalue weighted by Crippen LogP contribution is -2.32. The van der Waals surface area contributed by atoms with Gasteiger partial charge in [0.15, 0.2) is 0 Å². The van der Waals surface area contributed by atoms with E-state index in [0.717, 1.165) is 17.1 Å². The van der Waals surface area contributed by atoms with Crippen LogP contribution in [0, 0.1) is 0 Å². The maximum atomic E-state index is 12.1. The number of hydrogen-bond donors (Lipinski definition) is 1. The van der Waals surface area contributed by atoms with Crippen molar-refractivity contribution >= 4 is 17.2 Å². The Hall–Kier alpha value is -1.69. The molecule has 19 heavy (non-hydrogen) atoms. The summed E-state index contributed by atoms with van der Waals surface area (Å²) in [5, 5.41) is 10.0. The predicted molar refractivity (Wildman–Crippen MR) is 74.9 cm³/mol. The summed E-state index contributed by atoms with van der Waals surface area (Å²) in [6, 6.07) is 1.57. The second-order valence-corrected chi connectivity index (χ2v) is 5.16. The van der Waals surface area contributed by atoms with Crippen LogP contribution in [0.25, 0.3) is 0 Å². The molecule has 2 rings (SSSR count). The molecule has 0 bridgehead atoms. The van der Waals surface area contributed by atoms with E-state index in [2.05, 4.69) is 22.3 Å². The topological polar surface area (TPSA) is 59.8 Å². The highest BCUT2D eigenvalue weighted by molar-refractivity contribution is 7.09. The summed E-state index contributed by atoms with van der Waals surface area (Å²) in [6.07, 6.45) is 5.14. The molecule has 0 radical (unpaired) electrons. The normalized spacial score (nSPS) is 12.3. The number of aryl methyl sites for hydroxylation is 1. The molecule has 2 heterocycles. The highest BCUT2D eigenvalue weighted by Gasteiger charge is 2.18. The smallest absolute Gasteiger partial charge is 0.245 e. The molecule has 0 saturated heterocycles. The van der Waals surface area contributed by atoms with Crippen LogP contribution in [0.3, 0.4) is 0 Å². The van der Waals surface area contributed by atoms with Gasteiger partial charge in [-0.3, -0.25) is 9.48 Å². The van der Waals surface area contributed by atoms with Gasteiger partial charge in [-0.15, -0.1) is 11.3 Å². The lowest BCUT2D eigenvalue weighted by atomic mass is 10.2. The summed E-state index contributed by atoms with van der Waals surface area (Å²) in [7, 11) is 0. The van der Waals surface area contributed by atoms with Crippen LogP contribution in [-0.4, -0.2) is 20.7 Å². The first-order valence-electron chi connectivity index (χ1n) is 6.44. The van der Waals surface area contributed by atoms with Crippen molar-refractivity contribution in [1.82, 2.24) is 20.1 Å². The Morgan fingerprint density at radius 1 is 1.53 bits per heavy atom. The molecule has 0 fully saturated rings. The second kappa shape index (κ2) is 6.47. The van der Waals surface area contributed by atoms with E-state index in [4.69, 9.17) is 0 Å². The van der Waals surface area contributed by atoms with Crippen LogP contribution in [0.5, 0.6) is 0 Å². The Bertz CT molecular complexity index is 520. The first kappa shape index (κ1) is 13.7. The van der Waals surface area contributed by atoms with Crippen molar-refractivity contribution in [2.24, 2.45) is 0 Å². The summed E-state index contributed by atoms with van der Waals surface area (Å²) in [4.78, 5) is 16.6. The number of carbonyl (C=O) groups excluding carboxylic acids is 1. The Labute approximate surface area is 116 Å². The molecule has 0 aliphatic carbocycles. The minimum absolute atomic E-state index is 0.0144. The summed E-state index contributed by atoms with van der Waals surface area (Å²) in [6.45, 7) is 4.54. The third kappa shape index (κ3) is 3.41. The van der Waals surface area contributed by atoms with Crippen LogP contribution in [-0.2, 0) is 17.8 Å². The van der Waals surface area contributed by atoms with Gasteiger partial charge in [-0.2, -0.15) is 5.10 Å². The molecule has 0 aliphatic heterocycles. The Kier molecular flexibility index (Phi) is 4.68. The number of hydrogen-bond acceptors (Lipinski definition) is 4. The molecular weight excluding hydrogens is 260 g/mol. The third-order valence-electron chi connectivity index (χ3n) is 2.91. The largest absolute Gasteiger partial charge is 0.348 e. The molecule has 1 atom stereocenters. The van der Waals surface area contributed by atoms with Crippen molar-refractivity contribution in [1.29, 1.82) is 0 Å². The molecule has 0 spiro atoms. The molecule has 5 nitrogen and oxygen atoms in total. The van der Waals surface area contributed by atoms with Crippen LogP contribution in [0.1, 0.15) is 37.0 Å². The minimum Gasteiger partial charge on any atom is -0.348 e. The van der Waals surface area contributed by atoms with Gasteiger partial charge in [0, 0.05) is 17.8 Å². The van der Waals surface area contributed by atoms with E-state index < -0.39 is 0 Å². The summed E-state index contributed by atoms with van der Waals surface area (Å²) < 4.78 is 1.69. The maximum absolute atomic E-state index is 12.1. The number of rotatable bonds is 6. The molecule has 0 aromatic carbocycles. The van der Waals surface area contributed by atoms with Crippen LogP contribution in [0.4, 0.5) is 0 Å². The molecule has 1 N–H and O–H groups in total. The van der Waals surface area contributed by atoms with Gasteiger partial charge in [0.05, 0.1) is 12.2 Å². The van der Waals surface area contributed by atoms with E-state index in [1.54, 1.807) is 22.2 Å². The SMILES string of the molecule is CCc1csc(CNC(=O)C(CC)n2cccn2)n1. The van der Waals surface area contributed by atoms with Gasteiger partial charge in [-0.05, 0) is 18.9 Å². The highest BCUT2D eigenvalue weighted by atomic mass is 32.1. The van der Waals surface area contributed by atoms with Crippen molar-refractivity contribution in [2.45, 2.75) is 39.3 Å². The van der Waals surface area contributed by atoms with E-state index in [-0.39, 0.29) is 11.9 Å². The van der Waals surface area contributed by atoms with Gasteiger partial charge in [0.2, 0.25) is 5.91 Å². The first-order chi connectivity index (χ1) is 9.24. The fourth-order valence-corrected chi connectivity index (χ4v) is 2.65. The molecule has 0 saturated carbocycles. The van der Waals surface area contributed by atoms with Crippen molar-refractivity contribution in [3.63, 3.8) is 0 Å². The van der Waals surface area contributed by atoms with Crippen molar-refractivity contribution in [3.8, 4) is 0 Å². The molecule has 6 heteroatoms. The monoisotopic (exact) mass is 278 g/mol. The molecule has 1 amide bonds. The van der Waals surface area contributed by atoms with Crippen LogP contribution < -0.4 is 5.32 Å². The van der Waals surface area contributed by atoms with E-state index in [0.29, 0.717) is 13.0 Å². The second-order valence-electron chi connectivity index (χ2n) is 4.21. The van der Waals surface area contributed by atoms with Gasteiger partial charge >= 0.3 is 0 Å². The van der Waals surface area contributed by atoms with E-state index in [1.165, 1.54) is 0 Å². The molecule has 2 aromatic heterocycles. The van der Waals surface area contributed by atoms with E-state index in [1.807, 2.05) is 24.6 Å². The first-order valence-corrected chi connectivity index (χ1v) is 7.32. The van der Waals surface area contributed by atoms with E-state index in [9.17, 15) is 4.79 Å². The van der Waals surface area contributed by atoms with Gasteiger partial charge < -0.3 is 5.32 Å². The zero-order chi connectivity index (χ0) is 13.7. The third-order valence-corrected chi connectivity index (χ3v) is 3.81. The Morgan fingerprint density at radius 3 is 2.95 bits per heavy atom. The standard InChI is InChI=1S/C13H18N4OS/c1-3-10-9-19-12(16-10)8-14-13(18)11(4-2)17-7-5-6-15-17/h5-7,9,11H,3-4,8H2,1-2H3,(H,14,18). The lowest BCUT2D eigenvalue weighted by Gasteiger charge is -2.14. The zero-order valence-corrected chi connectivity index (χ0v) is 12.0. The maximum Gasteiger partial charge on any atom is 0.245 e. The fraction of sp³-hybridized carbons (Fsp3) is 0.462. The minimum atomic E-state index is -0.249. The average molecular weight is 278 g/mol. The van der Waals surface area contributed by atoms with Crippen LogP contribution >= 0.6 is 11.3 Å². The summed E-state index contributed by atoms with van der Waals surface area (Å²) in [5.41, 5.74) is 1.08. The van der Waals surface area contributed by atoms with E-state index >= 15 is 0 Å². The number of amides is 1. The van der Waals surface area contributed by atoms with Crippen molar-refractivity contribution in [2.75, 3.05) is 0 Å². The Balaban J connectivity index is 1.93. The molecule has 102 valence electrons. The lowest BCUT2D eigenvalue weighted by molar-refractivity contribution is -0.124. The summed E-state index contributed by atoms with van der Waals surface area (Å²) in [5.74, 6) is -0.0144. The number of carbonyl (C=O) groups is 1. The van der Waals surface area contributed by atoms with Gasteiger partial charge in [0.1, 0.15) is 11.0 Å². The number of nitrogens with one attached hydrogen (secondary N) is 1. The van der Waals surface area contributed by atoms with Gasteiger partial charge in [-0.1, -0.05) is 13.8 Å². The zero-order valence-electron chi connectivity index (χ0n) is 11.2. The molecule has 2 aromatic rings. The van der Waals surface area contributed by atoms with Crippen molar-refractivity contribution in [3.05, 3.63) is 34.5 Å². The predicted octanol–water partition coefficient (Wildman–Crippen LogP) is 2.17.